The smallest absolute Gasteiger partial charge is 0.121 e. The predicted octanol–water partition coefficient (Wildman–Crippen LogP) is 1.44. The van der Waals surface area contributed by atoms with Gasteiger partial charge in [-0.3, -0.25) is 0 Å². The third kappa shape index (κ3) is 1.12. The average molecular weight is 139 g/mol. The highest BCUT2D eigenvalue weighted by Crippen LogP contribution is 2.12. The van der Waals surface area contributed by atoms with Crippen LogP contribution in [0.15, 0.2) is 12.3 Å². The molecule has 1 aromatic heterocycles. The van der Waals surface area contributed by atoms with Gasteiger partial charge in [-0.2, -0.15) is 5.10 Å². The molecule has 0 unspecified atom stereocenters. The van der Waals surface area contributed by atoms with E-state index in [1.165, 1.54) is 0 Å². The molecule has 1 heterocycles. The SMILES string of the molecule is CC[C@H](C)n1nccc1N. The lowest BCUT2D eigenvalue weighted by Gasteiger charge is -2.09. The summed E-state index contributed by atoms with van der Waals surface area (Å²) in [5.41, 5.74) is 5.62. The maximum Gasteiger partial charge on any atom is 0.121 e. The van der Waals surface area contributed by atoms with Gasteiger partial charge in [0.05, 0.1) is 12.2 Å². The second-order valence-corrected chi connectivity index (χ2v) is 2.46. The third-order valence-corrected chi connectivity index (χ3v) is 1.71. The fourth-order valence-corrected chi connectivity index (χ4v) is 0.866. The zero-order valence-electron chi connectivity index (χ0n) is 6.41. The molecule has 0 saturated carbocycles. The molecule has 0 aliphatic rings. The second-order valence-electron chi connectivity index (χ2n) is 2.46. The van der Waals surface area contributed by atoms with Gasteiger partial charge in [0.1, 0.15) is 5.82 Å². The van der Waals surface area contributed by atoms with Crippen molar-refractivity contribution in [2.24, 2.45) is 0 Å². The minimum Gasteiger partial charge on any atom is -0.384 e. The molecule has 0 aliphatic carbocycles. The first-order chi connectivity index (χ1) is 4.75. The van der Waals surface area contributed by atoms with E-state index in [2.05, 4.69) is 18.9 Å². The van der Waals surface area contributed by atoms with Crippen LogP contribution < -0.4 is 5.73 Å². The van der Waals surface area contributed by atoms with Crippen LogP contribution in [0.4, 0.5) is 5.82 Å². The van der Waals surface area contributed by atoms with Gasteiger partial charge in [0, 0.05) is 0 Å². The number of anilines is 1. The molecular weight excluding hydrogens is 126 g/mol. The highest BCUT2D eigenvalue weighted by molar-refractivity contribution is 5.26. The van der Waals surface area contributed by atoms with Crippen molar-refractivity contribution in [1.82, 2.24) is 9.78 Å². The molecule has 0 bridgehead atoms. The van der Waals surface area contributed by atoms with Crippen molar-refractivity contribution < 1.29 is 0 Å². The second kappa shape index (κ2) is 2.73. The number of nitrogen functional groups attached to an aromatic ring is 1. The molecule has 0 spiro atoms. The number of nitrogens with two attached hydrogens (primary N) is 1. The molecular formula is C7H13N3. The Morgan fingerprint density at radius 1 is 1.80 bits per heavy atom. The lowest BCUT2D eigenvalue weighted by Crippen LogP contribution is -2.08. The van der Waals surface area contributed by atoms with E-state index in [1.807, 2.05) is 10.7 Å². The van der Waals surface area contributed by atoms with Crippen molar-refractivity contribution in [3.05, 3.63) is 12.3 Å². The van der Waals surface area contributed by atoms with E-state index in [0.717, 1.165) is 12.2 Å². The molecule has 1 atom stereocenters. The Morgan fingerprint density at radius 3 is 2.90 bits per heavy atom. The zero-order valence-corrected chi connectivity index (χ0v) is 6.41. The summed E-state index contributed by atoms with van der Waals surface area (Å²) in [6.45, 7) is 4.22. The van der Waals surface area contributed by atoms with Crippen molar-refractivity contribution in [2.75, 3.05) is 5.73 Å². The van der Waals surface area contributed by atoms with Crippen LogP contribution in [0.3, 0.4) is 0 Å². The normalized spacial score (nSPS) is 13.4. The summed E-state index contributed by atoms with van der Waals surface area (Å²) in [6, 6.07) is 2.22. The first-order valence-electron chi connectivity index (χ1n) is 3.54. The van der Waals surface area contributed by atoms with Gasteiger partial charge >= 0.3 is 0 Å². The van der Waals surface area contributed by atoms with Crippen molar-refractivity contribution in [2.45, 2.75) is 26.3 Å². The van der Waals surface area contributed by atoms with Crippen LogP contribution in [-0.4, -0.2) is 9.78 Å². The summed E-state index contributed by atoms with van der Waals surface area (Å²) in [6.07, 6.45) is 2.79. The first-order valence-corrected chi connectivity index (χ1v) is 3.54. The standard InChI is InChI=1S/C7H13N3/c1-3-6(2)10-7(8)4-5-9-10/h4-6H,3,8H2,1-2H3/t6-/m0/s1. The van der Waals surface area contributed by atoms with Crippen LogP contribution in [0.2, 0.25) is 0 Å². The van der Waals surface area contributed by atoms with Crippen LogP contribution in [-0.2, 0) is 0 Å². The number of rotatable bonds is 2. The average Bonchev–Trinajstić information content (AvgIpc) is 2.34. The number of hydrogen-bond donors (Lipinski definition) is 1. The molecule has 0 saturated heterocycles. The van der Waals surface area contributed by atoms with Gasteiger partial charge < -0.3 is 5.73 Å². The lowest BCUT2D eigenvalue weighted by molar-refractivity contribution is 0.485. The Labute approximate surface area is 60.8 Å². The Kier molecular flexibility index (Phi) is 1.94. The molecule has 0 aromatic carbocycles. The van der Waals surface area contributed by atoms with Gasteiger partial charge in [-0.15, -0.1) is 0 Å². The molecule has 0 amide bonds. The van der Waals surface area contributed by atoms with Crippen LogP contribution >= 0.6 is 0 Å². The molecule has 0 fully saturated rings. The number of aromatic nitrogens is 2. The molecule has 3 nitrogen and oxygen atoms in total. The Balaban J connectivity index is 2.82. The summed E-state index contributed by atoms with van der Waals surface area (Å²) in [4.78, 5) is 0. The topological polar surface area (TPSA) is 43.8 Å². The van der Waals surface area contributed by atoms with E-state index in [4.69, 9.17) is 5.73 Å². The summed E-state index contributed by atoms with van der Waals surface area (Å²) in [7, 11) is 0. The Hall–Kier alpha value is -0.990. The molecule has 1 rings (SSSR count). The molecule has 3 heteroatoms. The third-order valence-electron chi connectivity index (χ3n) is 1.71. The van der Waals surface area contributed by atoms with E-state index in [1.54, 1.807) is 6.20 Å². The predicted molar refractivity (Wildman–Crippen MR) is 41.6 cm³/mol. The van der Waals surface area contributed by atoms with Crippen LogP contribution in [0.5, 0.6) is 0 Å². The van der Waals surface area contributed by atoms with Crippen LogP contribution in [0, 0.1) is 0 Å². The monoisotopic (exact) mass is 139 g/mol. The highest BCUT2D eigenvalue weighted by atomic mass is 15.3. The highest BCUT2D eigenvalue weighted by Gasteiger charge is 2.03. The van der Waals surface area contributed by atoms with Gasteiger partial charge in [0.2, 0.25) is 0 Å². The van der Waals surface area contributed by atoms with Crippen molar-refractivity contribution in [1.29, 1.82) is 0 Å². The number of hydrogen-bond acceptors (Lipinski definition) is 2. The van der Waals surface area contributed by atoms with Gasteiger partial charge in [0.15, 0.2) is 0 Å². The summed E-state index contributed by atoms with van der Waals surface area (Å²) in [5.74, 6) is 0.745. The van der Waals surface area contributed by atoms with E-state index in [-0.39, 0.29) is 0 Å². The maximum atomic E-state index is 5.62. The quantitative estimate of drug-likeness (QED) is 0.673. The number of nitrogens with zero attached hydrogens (tertiary/aromatic N) is 2. The van der Waals surface area contributed by atoms with Crippen LogP contribution in [0.25, 0.3) is 0 Å². The lowest BCUT2D eigenvalue weighted by atomic mass is 10.3. The van der Waals surface area contributed by atoms with E-state index < -0.39 is 0 Å². The zero-order chi connectivity index (χ0) is 7.56. The molecule has 10 heavy (non-hydrogen) atoms. The minimum atomic E-state index is 0.412. The largest absolute Gasteiger partial charge is 0.384 e. The fourth-order valence-electron chi connectivity index (χ4n) is 0.866. The molecule has 56 valence electrons. The Morgan fingerprint density at radius 2 is 2.50 bits per heavy atom. The summed E-state index contributed by atoms with van der Waals surface area (Å²) in [5, 5.41) is 4.08. The molecule has 2 N–H and O–H groups in total. The van der Waals surface area contributed by atoms with Crippen molar-refractivity contribution in [3.63, 3.8) is 0 Å². The van der Waals surface area contributed by atoms with E-state index in [0.29, 0.717) is 6.04 Å². The molecule has 1 aromatic rings. The maximum absolute atomic E-state index is 5.62. The van der Waals surface area contributed by atoms with Gasteiger partial charge in [-0.05, 0) is 19.4 Å². The van der Waals surface area contributed by atoms with Gasteiger partial charge in [0.25, 0.3) is 0 Å². The van der Waals surface area contributed by atoms with Gasteiger partial charge in [-0.25, -0.2) is 4.68 Å². The van der Waals surface area contributed by atoms with Crippen molar-refractivity contribution >= 4 is 5.82 Å². The Bertz CT molecular complexity index is 204. The van der Waals surface area contributed by atoms with E-state index in [9.17, 15) is 0 Å². The molecule has 0 aliphatic heterocycles. The van der Waals surface area contributed by atoms with Gasteiger partial charge in [-0.1, -0.05) is 6.92 Å². The summed E-state index contributed by atoms with van der Waals surface area (Å²) < 4.78 is 1.83. The van der Waals surface area contributed by atoms with E-state index >= 15 is 0 Å². The van der Waals surface area contributed by atoms with Crippen LogP contribution in [0.1, 0.15) is 26.3 Å². The fraction of sp³-hybridized carbons (Fsp3) is 0.571. The summed E-state index contributed by atoms with van der Waals surface area (Å²) >= 11 is 0. The first kappa shape index (κ1) is 7.12. The minimum absolute atomic E-state index is 0.412. The molecule has 0 radical (unpaired) electrons. The van der Waals surface area contributed by atoms with Crippen molar-refractivity contribution in [3.8, 4) is 0 Å².